The molecule has 0 fully saturated rings. The predicted octanol–water partition coefficient (Wildman–Crippen LogP) is 1.95. The first-order valence-corrected chi connectivity index (χ1v) is 6.17. The lowest BCUT2D eigenvalue weighted by Gasteiger charge is -2.22. The molecule has 7 heteroatoms. The van der Waals surface area contributed by atoms with Crippen molar-refractivity contribution in [3.63, 3.8) is 0 Å². The number of hydrogen-bond donors (Lipinski definition) is 1. The first-order valence-electron chi connectivity index (χ1n) is 5.80. The average Bonchev–Trinajstić information content (AvgIpc) is 2.63. The van der Waals surface area contributed by atoms with Crippen LogP contribution in [0.3, 0.4) is 0 Å². The summed E-state index contributed by atoms with van der Waals surface area (Å²) < 4.78 is 7.01. The van der Waals surface area contributed by atoms with Crippen molar-refractivity contribution >= 4 is 41.5 Å². The van der Waals surface area contributed by atoms with E-state index in [0.717, 1.165) is 29.8 Å². The van der Waals surface area contributed by atoms with Gasteiger partial charge in [0.1, 0.15) is 0 Å². The van der Waals surface area contributed by atoms with E-state index < -0.39 is 0 Å². The van der Waals surface area contributed by atoms with E-state index in [1.807, 2.05) is 35.8 Å². The monoisotopic (exact) mass is 400 g/mol. The van der Waals surface area contributed by atoms with Crippen LogP contribution in [-0.4, -0.2) is 49.8 Å². The SMILES string of the molecule is CN=C(NCCOC)N(C)Cc1cc(Cl)cn1C.I. The maximum Gasteiger partial charge on any atom is 0.193 e. The zero-order valence-electron chi connectivity index (χ0n) is 11.8. The molecule has 0 atom stereocenters. The summed E-state index contributed by atoms with van der Waals surface area (Å²) in [5.74, 6) is 0.837. The van der Waals surface area contributed by atoms with E-state index in [4.69, 9.17) is 16.3 Å². The van der Waals surface area contributed by atoms with Crippen molar-refractivity contribution in [1.29, 1.82) is 0 Å². The molecule has 0 amide bonds. The Morgan fingerprint density at radius 1 is 1.58 bits per heavy atom. The van der Waals surface area contributed by atoms with E-state index in [-0.39, 0.29) is 24.0 Å². The summed E-state index contributed by atoms with van der Waals surface area (Å²) in [5.41, 5.74) is 1.14. The van der Waals surface area contributed by atoms with Crippen LogP contribution < -0.4 is 5.32 Å². The van der Waals surface area contributed by atoms with Crippen molar-refractivity contribution in [3.8, 4) is 0 Å². The van der Waals surface area contributed by atoms with Gasteiger partial charge in [-0.25, -0.2) is 0 Å². The standard InChI is InChI=1S/C12H21ClN4O.HI/c1-14-12(15-5-6-18-4)17(3)9-11-7-10(13)8-16(11)2;/h7-8H,5-6,9H2,1-4H3,(H,14,15);1H. The smallest absolute Gasteiger partial charge is 0.193 e. The van der Waals surface area contributed by atoms with Crippen molar-refractivity contribution in [2.75, 3.05) is 34.4 Å². The molecule has 0 aromatic carbocycles. The molecule has 1 N–H and O–H groups in total. The molecule has 0 saturated heterocycles. The Labute approximate surface area is 137 Å². The number of methoxy groups -OCH3 is 1. The zero-order chi connectivity index (χ0) is 13.5. The van der Waals surface area contributed by atoms with Gasteiger partial charge in [-0.2, -0.15) is 0 Å². The van der Waals surface area contributed by atoms with Crippen molar-refractivity contribution in [2.24, 2.45) is 12.0 Å². The summed E-state index contributed by atoms with van der Waals surface area (Å²) >= 11 is 5.96. The highest BCUT2D eigenvalue weighted by Gasteiger charge is 2.09. The third-order valence-corrected chi connectivity index (χ3v) is 2.84. The molecule has 0 unspecified atom stereocenters. The van der Waals surface area contributed by atoms with Gasteiger partial charge in [0.2, 0.25) is 0 Å². The molecule has 1 aromatic heterocycles. The Morgan fingerprint density at radius 2 is 2.26 bits per heavy atom. The van der Waals surface area contributed by atoms with E-state index in [0.29, 0.717) is 6.61 Å². The molecular formula is C12H22ClIN4O. The maximum atomic E-state index is 5.96. The molecule has 110 valence electrons. The van der Waals surface area contributed by atoms with Crippen LogP contribution in [0.25, 0.3) is 0 Å². The molecule has 0 spiro atoms. The largest absolute Gasteiger partial charge is 0.383 e. The van der Waals surface area contributed by atoms with Gasteiger partial charge >= 0.3 is 0 Å². The Hall–Kier alpha value is -0.470. The number of aromatic nitrogens is 1. The number of ether oxygens (including phenoxy) is 1. The normalized spacial score (nSPS) is 11.1. The van der Waals surface area contributed by atoms with E-state index in [9.17, 15) is 0 Å². The minimum absolute atomic E-state index is 0. The molecule has 1 aromatic rings. The summed E-state index contributed by atoms with van der Waals surface area (Å²) in [6.07, 6.45) is 1.89. The second-order valence-electron chi connectivity index (χ2n) is 4.08. The minimum Gasteiger partial charge on any atom is -0.383 e. The second kappa shape index (κ2) is 9.44. The van der Waals surface area contributed by atoms with E-state index in [2.05, 4.69) is 10.3 Å². The van der Waals surface area contributed by atoms with Gasteiger partial charge in [-0.3, -0.25) is 4.99 Å². The maximum absolute atomic E-state index is 5.96. The molecule has 0 aliphatic rings. The van der Waals surface area contributed by atoms with Gasteiger partial charge in [0.25, 0.3) is 0 Å². The van der Waals surface area contributed by atoms with E-state index in [1.54, 1.807) is 14.2 Å². The molecule has 5 nitrogen and oxygen atoms in total. The predicted molar refractivity (Wildman–Crippen MR) is 90.5 cm³/mol. The van der Waals surface area contributed by atoms with Crippen molar-refractivity contribution in [3.05, 3.63) is 23.0 Å². The number of halogens is 2. The summed E-state index contributed by atoms with van der Waals surface area (Å²) in [6, 6.07) is 1.96. The molecule has 1 heterocycles. The summed E-state index contributed by atoms with van der Waals surface area (Å²) in [7, 11) is 7.42. The number of hydrogen-bond acceptors (Lipinski definition) is 2. The Bertz CT molecular complexity index is 408. The lowest BCUT2D eigenvalue weighted by Crippen LogP contribution is -2.40. The third kappa shape index (κ3) is 6.01. The fourth-order valence-corrected chi connectivity index (χ4v) is 1.96. The molecule has 0 saturated carbocycles. The quantitative estimate of drug-likeness (QED) is 0.355. The van der Waals surface area contributed by atoms with Crippen LogP contribution in [0.15, 0.2) is 17.3 Å². The first kappa shape index (κ1) is 18.5. The van der Waals surface area contributed by atoms with Crippen molar-refractivity contribution in [1.82, 2.24) is 14.8 Å². The van der Waals surface area contributed by atoms with Crippen LogP contribution in [0.5, 0.6) is 0 Å². The third-order valence-electron chi connectivity index (χ3n) is 2.64. The lowest BCUT2D eigenvalue weighted by molar-refractivity contribution is 0.203. The Kier molecular flexibility index (Phi) is 9.20. The van der Waals surface area contributed by atoms with Gasteiger partial charge in [0.05, 0.1) is 18.2 Å². The fraction of sp³-hybridized carbons (Fsp3) is 0.583. The van der Waals surface area contributed by atoms with Crippen LogP contribution in [0.2, 0.25) is 5.02 Å². The van der Waals surface area contributed by atoms with E-state index in [1.165, 1.54) is 0 Å². The summed E-state index contributed by atoms with van der Waals surface area (Å²) in [6.45, 7) is 2.14. The highest BCUT2D eigenvalue weighted by molar-refractivity contribution is 14.0. The molecule has 1 rings (SSSR count). The van der Waals surface area contributed by atoms with Crippen molar-refractivity contribution in [2.45, 2.75) is 6.54 Å². The van der Waals surface area contributed by atoms with Crippen LogP contribution in [0.1, 0.15) is 5.69 Å². The number of nitrogens with one attached hydrogen (secondary N) is 1. The molecule has 0 aliphatic carbocycles. The van der Waals surface area contributed by atoms with Gasteiger partial charge < -0.3 is 19.5 Å². The fourth-order valence-electron chi connectivity index (χ4n) is 1.69. The average molecular weight is 401 g/mol. The lowest BCUT2D eigenvalue weighted by atomic mass is 10.4. The molecule has 0 bridgehead atoms. The zero-order valence-corrected chi connectivity index (χ0v) is 14.9. The highest BCUT2D eigenvalue weighted by atomic mass is 127. The Morgan fingerprint density at radius 3 is 2.74 bits per heavy atom. The number of nitrogens with zero attached hydrogens (tertiary/aromatic N) is 3. The van der Waals surface area contributed by atoms with Gasteiger partial charge in [-0.05, 0) is 6.07 Å². The first-order chi connectivity index (χ1) is 8.58. The Balaban J connectivity index is 0.00000324. The molecule has 0 aliphatic heterocycles. The van der Waals surface area contributed by atoms with Crippen LogP contribution in [-0.2, 0) is 18.3 Å². The van der Waals surface area contributed by atoms with Crippen molar-refractivity contribution < 1.29 is 4.74 Å². The number of aliphatic imine (C=N–C) groups is 1. The van der Waals surface area contributed by atoms with Crippen LogP contribution in [0, 0.1) is 0 Å². The number of guanidine groups is 1. The van der Waals surface area contributed by atoms with Gasteiger partial charge in [-0.15, -0.1) is 24.0 Å². The van der Waals surface area contributed by atoms with Crippen LogP contribution >= 0.6 is 35.6 Å². The summed E-state index contributed by atoms with van der Waals surface area (Å²) in [5, 5.41) is 3.98. The van der Waals surface area contributed by atoms with Gasteiger partial charge in [0.15, 0.2) is 5.96 Å². The number of aryl methyl sites for hydroxylation is 1. The van der Waals surface area contributed by atoms with Crippen LogP contribution in [0.4, 0.5) is 0 Å². The van der Waals surface area contributed by atoms with Gasteiger partial charge in [0, 0.05) is 46.7 Å². The second-order valence-corrected chi connectivity index (χ2v) is 4.52. The molecule has 19 heavy (non-hydrogen) atoms. The topological polar surface area (TPSA) is 41.8 Å². The van der Waals surface area contributed by atoms with E-state index >= 15 is 0 Å². The minimum atomic E-state index is 0. The highest BCUT2D eigenvalue weighted by Crippen LogP contribution is 2.14. The molecule has 0 radical (unpaired) electrons. The van der Waals surface area contributed by atoms with Gasteiger partial charge in [-0.1, -0.05) is 11.6 Å². The molecular weight excluding hydrogens is 379 g/mol. The summed E-state index contributed by atoms with van der Waals surface area (Å²) in [4.78, 5) is 6.27. The number of rotatable bonds is 5.